The Morgan fingerprint density at radius 1 is 1.00 bits per heavy atom. The van der Waals surface area contributed by atoms with Crippen LogP contribution >= 0.6 is 22.6 Å². The van der Waals surface area contributed by atoms with Crippen LogP contribution in [0.2, 0.25) is 0 Å². The number of rotatable bonds is 17. The molecule has 0 aromatic rings. The van der Waals surface area contributed by atoms with E-state index in [1.54, 1.807) is 0 Å². The summed E-state index contributed by atoms with van der Waals surface area (Å²) in [5.41, 5.74) is 8.81. The van der Waals surface area contributed by atoms with Crippen LogP contribution in [0.5, 0.6) is 0 Å². The van der Waals surface area contributed by atoms with Crippen LogP contribution in [0.1, 0.15) is 96.8 Å². The molecule has 0 spiro atoms. The van der Waals surface area contributed by atoms with Gasteiger partial charge in [-0.15, -0.1) is 0 Å². The fourth-order valence-electron chi connectivity index (χ4n) is 2.94. The summed E-state index contributed by atoms with van der Waals surface area (Å²) in [5.74, 6) is -0.112. The minimum absolute atomic E-state index is 0.112. The molecule has 0 fully saturated rings. The quantitative estimate of drug-likeness (QED) is 0.0436. The van der Waals surface area contributed by atoms with Gasteiger partial charge in [-0.05, 0) is 24.8 Å². The number of hydrogen-bond acceptors (Lipinski definition) is 3. The maximum atomic E-state index is 11.0. The lowest BCUT2D eigenvalue weighted by Gasteiger charge is -2.18. The standard InChI is InChI=1S/C19H36IN3O2/c1-3-4-5-6-9-12-15-18(22-23-21)17(20)14-11-8-7-10-13-16-19(24)25-2/h17-18H,3-16H2,1-2H3. The Morgan fingerprint density at radius 3 is 2.16 bits per heavy atom. The largest absolute Gasteiger partial charge is 0.469 e. The molecule has 0 saturated carbocycles. The van der Waals surface area contributed by atoms with Gasteiger partial charge >= 0.3 is 5.97 Å². The molecule has 0 bridgehead atoms. The lowest BCUT2D eigenvalue weighted by Crippen LogP contribution is -2.18. The van der Waals surface area contributed by atoms with Crippen molar-refractivity contribution in [3.05, 3.63) is 10.4 Å². The predicted molar refractivity (Wildman–Crippen MR) is 113 cm³/mol. The Labute approximate surface area is 167 Å². The Kier molecular flexibility index (Phi) is 17.9. The number of ether oxygens (including phenoxy) is 1. The lowest BCUT2D eigenvalue weighted by atomic mass is 10.0. The van der Waals surface area contributed by atoms with Gasteiger partial charge in [0.1, 0.15) is 0 Å². The summed E-state index contributed by atoms with van der Waals surface area (Å²) in [4.78, 5) is 14.1. The average Bonchev–Trinajstić information content (AvgIpc) is 2.62. The van der Waals surface area contributed by atoms with E-state index in [-0.39, 0.29) is 12.0 Å². The first-order valence-electron chi connectivity index (χ1n) is 9.90. The molecule has 0 aliphatic rings. The smallest absolute Gasteiger partial charge is 0.305 e. The van der Waals surface area contributed by atoms with Gasteiger partial charge in [0, 0.05) is 21.3 Å². The normalized spacial score (nSPS) is 13.1. The molecule has 0 aliphatic carbocycles. The van der Waals surface area contributed by atoms with Crippen LogP contribution in [-0.4, -0.2) is 23.0 Å². The number of carbonyl (C=O) groups is 1. The molecular weight excluding hydrogens is 429 g/mol. The molecule has 146 valence electrons. The van der Waals surface area contributed by atoms with Crippen LogP contribution in [0.4, 0.5) is 0 Å². The highest BCUT2D eigenvalue weighted by molar-refractivity contribution is 14.1. The van der Waals surface area contributed by atoms with E-state index >= 15 is 0 Å². The fourth-order valence-corrected chi connectivity index (χ4v) is 3.89. The zero-order valence-electron chi connectivity index (χ0n) is 16.1. The zero-order valence-corrected chi connectivity index (χ0v) is 18.2. The summed E-state index contributed by atoms with van der Waals surface area (Å²) in [5, 5.41) is 4.04. The van der Waals surface area contributed by atoms with Crippen LogP contribution in [0, 0.1) is 0 Å². The number of alkyl halides is 1. The molecule has 0 saturated heterocycles. The van der Waals surface area contributed by atoms with Gasteiger partial charge in [0.25, 0.3) is 0 Å². The Morgan fingerprint density at radius 2 is 1.56 bits per heavy atom. The molecule has 2 unspecified atom stereocenters. The van der Waals surface area contributed by atoms with E-state index in [4.69, 9.17) is 5.53 Å². The first kappa shape index (κ1) is 24.5. The summed E-state index contributed by atoms with van der Waals surface area (Å²) in [7, 11) is 1.44. The maximum Gasteiger partial charge on any atom is 0.305 e. The van der Waals surface area contributed by atoms with Gasteiger partial charge in [-0.2, -0.15) is 0 Å². The number of carbonyl (C=O) groups excluding carboxylic acids is 1. The molecule has 0 N–H and O–H groups in total. The Balaban J connectivity index is 3.76. The highest BCUT2D eigenvalue weighted by Gasteiger charge is 2.16. The second kappa shape index (κ2) is 18.3. The minimum atomic E-state index is -0.112. The van der Waals surface area contributed by atoms with Crippen molar-refractivity contribution < 1.29 is 9.53 Å². The van der Waals surface area contributed by atoms with Crippen molar-refractivity contribution in [2.24, 2.45) is 5.11 Å². The van der Waals surface area contributed by atoms with Gasteiger partial charge in [0.2, 0.25) is 0 Å². The number of nitrogens with zero attached hydrogens (tertiary/aromatic N) is 3. The topological polar surface area (TPSA) is 75.1 Å². The fraction of sp³-hybridized carbons (Fsp3) is 0.947. The Bertz CT molecular complexity index is 374. The van der Waals surface area contributed by atoms with E-state index < -0.39 is 0 Å². The number of halogens is 1. The first-order valence-corrected chi connectivity index (χ1v) is 11.1. The van der Waals surface area contributed by atoms with Crippen LogP contribution < -0.4 is 0 Å². The summed E-state index contributed by atoms with van der Waals surface area (Å²) >= 11 is 2.46. The van der Waals surface area contributed by atoms with Gasteiger partial charge < -0.3 is 4.74 Å². The summed E-state index contributed by atoms with van der Waals surface area (Å²) in [6, 6.07) is 0.135. The second-order valence-electron chi connectivity index (χ2n) is 6.73. The SMILES string of the molecule is CCCCCCCCC(N=[N+]=[N-])C(I)CCCCCCCC(=O)OC. The predicted octanol–water partition coefficient (Wildman–Crippen LogP) is 7.12. The van der Waals surface area contributed by atoms with E-state index in [2.05, 4.69) is 44.3 Å². The van der Waals surface area contributed by atoms with Crippen molar-refractivity contribution in [2.45, 2.75) is 107 Å². The van der Waals surface area contributed by atoms with Gasteiger partial charge in [0.05, 0.1) is 7.11 Å². The van der Waals surface area contributed by atoms with Crippen molar-refractivity contribution >= 4 is 28.6 Å². The molecule has 6 heteroatoms. The number of esters is 1. The molecule has 5 nitrogen and oxygen atoms in total. The molecule has 0 radical (unpaired) electrons. The summed E-state index contributed by atoms with van der Waals surface area (Å²) < 4.78 is 5.07. The number of methoxy groups -OCH3 is 1. The van der Waals surface area contributed by atoms with Crippen molar-refractivity contribution in [1.82, 2.24) is 0 Å². The third-order valence-electron chi connectivity index (χ3n) is 4.56. The van der Waals surface area contributed by atoms with E-state index in [0.717, 1.165) is 32.1 Å². The third-order valence-corrected chi connectivity index (χ3v) is 6.01. The summed E-state index contributed by atoms with van der Waals surface area (Å²) in [6.07, 6.45) is 15.8. The monoisotopic (exact) mass is 465 g/mol. The van der Waals surface area contributed by atoms with Crippen LogP contribution in [0.25, 0.3) is 10.4 Å². The van der Waals surface area contributed by atoms with Crippen LogP contribution in [0.15, 0.2) is 5.11 Å². The van der Waals surface area contributed by atoms with Crippen LogP contribution in [-0.2, 0) is 9.53 Å². The third kappa shape index (κ3) is 15.5. The van der Waals surface area contributed by atoms with Gasteiger partial charge in [-0.1, -0.05) is 98.8 Å². The van der Waals surface area contributed by atoms with E-state index in [9.17, 15) is 4.79 Å². The van der Waals surface area contributed by atoms with Gasteiger partial charge in [-0.25, -0.2) is 0 Å². The van der Waals surface area contributed by atoms with E-state index in [1.165, 1.54) is 58.5 Å². The molecule has 0 aliphatic heterocycles. The maximum absolute atomic E-state index is 11.0. The van der Waals surface area contributed by atoms with Crippen LogP contribution in [0.3, 0.4) is 0 Å². The average molecular weight is 465 g/mol. The van der Waals surface area contributed by atoms with E-state index in [0.29, 0.717) is 10.3 Å². The molecule has 0 rings (SSSR count). The molecule has 0 aromatic heterocycles. The first-order chi connectivity index (χ1) is 12.2. The molecule has 2 atom stereocenters. The molecule has 0 amide bonds. The number of azide groups is 1. The highest BCUT2D eigenvalue weighted by Crippen LogP contribution is 2.23. The second-order valence-corrected chi connectivity index (χ2v) is 8.33. The zero-order chi connectivity index (χ0) is 18.8. The van der Waals surface area contributed by atoms with Crippen molar-refractivity contribution in [3.8, 4) is 0 Å². The minimum Gasteiger partial charge on any atom is -0.469 e. The lowest BCUT2D eigenvalue weighted by molar-refractivity contribution is -0.140. The van der Waals surface area contributed by atoms with Crippen molar-refractivity contribution in [3.63, 3.8) is 0 Å². The molecule has 0 heterocycles. The molecule has 25 heavy (non-hydrogen) atoms. The number of unbranched alkanes of at least 4 members (excludes halogenated alkanes) is 9. The highest BCUT2D eigenvalue weighted by atomic mass is 127. The molecule has 0 aromatic carbocycles. The Hall–Kier alpha value is -0.490. The van der Waals surface area contributed by atoms with Gasteiger partial charge in [0.15, 0.2) is 0 Å². The van der Waals surface area contributed by atoms with E-state index in [1.807, 2.05) is 0 Å². The molecular formula is C19H36IN3O2. The van der Waals surface area contributed by atoms with Crippen molar-refractivity contribution in [2.75, 3.05) is 7.11 Å². The summed E-state index contributed by atoms with van der Waals surface area (Å²) in [6.45, 7) is 2.23. The number of hydrogen-bond donors (Lipinski definition) is 0. The van der Waals surface area contributed by atoms with Gasteiger partial charge in [-0.3, -0.25) is 4.79 Å². The van der Waals surface area contributed by atoms with Crippen molar-refractivity contribution in [1.29, 1.82) is 0 Å².